The topological polar surface area (TPSA) is 93.7 Å². The Hall–Kier alpha value is -2.58. The summed E-state index contributed by atoms with van der Waals surface area (Å²) >= 11 is 0. The normalized spacial score (nSPS) is 12.8. The van der Waals surface area contributed by atoms with Crippen molar-refractivity contribution in [3.8, 4) is 11.5 Å². The molecule has 8 heteroatoms. The third kappa shape index (κ3) is 4.14. The first kappa shape index (κ1) is 18.2. The maximum Gasteiger partial charge on any atom is 0.255 e. The molecule has 1 amide bonds. The van der Waals surface area contributed by atoms with Crippen LogP contribution in [0.25, 0.3) is 0 Å². The van der Waals surface area contributed by atoms with Crippen LogP contribution in [0, 0.1) is 0 Å². The molecule has 0 unspecified atom stereocenters. The van der Waals surface area contributed by atoms with Gasteiger partial charge in [-0.3, -0.25) is 4.79 Å². The number of rotatable bonds is 7. The predicted molar refractivity (Wildman–Crippen MR) is 97.1 cm³/mol. The van der Waals surface area contributed by atoms with Crippen LogP contribution in [0.1, 0.15) is 30.1 Å². The van der Waals surface area contributed by atoms with Crippen LogP contribution in [0.4, 0.5) is 5.69 Å². The average molecular weight is 376 g/mol. The fourth-order valence-electron chi connectivity index (χ4n) is 2.43. The maximum absolute atomic E-state index is 12.3. The predicted octanol–water partition coefficient (Wildman–Crippen LogP) is 2.75. The number of benzene rings is 2. The quantitative estimate of drug-likeness (QED) is 0.725. The minimum atomic E-state index is -3.55. The molecule has 0 radical (unpaired) electrons. The van der Waals surface area contributed by atoms with Crippen molar-refractivity contribution in [1.82, 2.24) is 4.72 Å². The van der Waals surface area contributed by atoms with Crippen LogP contribution in [0.5, 0.6) is 11.5 Å². The van der Waals surface area contributed by atoms with Crippen molar-refractivity contribution in [1.29, 1.82) is 0 Å². The monoisotopic (exact) mass is 376 g/mol. The molecule has 138 valence electrons. The van der Waals surface area contributed by atoms with E-state index in [2.05, 4.69) is 10.0 Å². The zero-order chi connectivity index (χ0) is 18.6. The maximum atomic E-state index is 12.3. The van der Waals surface area contributed by atoms with E-state index in [9.17, 15) is 13.2 Å². The molecule has 26 heavy (non-hydrogen) atoms. The van der Waals surface area contributed by atoms with Crippen LogP contribution < -0.4 is 19.5 Å². The van der Waals surface area contributed by atoms with Gasteiger partial charge in [-0.15, -0.1) is 0 Å². The van der Waals surface area contributed by atoms with E-state index < -0.39 is 10.0 Å². The molecule has 0 saturated carbocycles. The van der Waals surface area contributed by atoms with Gasteiger partial charge in [0.2, 0.25) is 16.8 Å². The van der Waals surface area contributed by atoms with Crippen molar-refractivity contribution in [3.63, 3.8) is 0 Å². The third-order valence-electron chi connectivity index (χ3n) is 3.88. The van der Waals surface area contributed by atoms with Crippen LogP contribution in [0.15, 0.2) is 47.4 Å². The second-order valence-corrected chi connectivity index (χ2v) is 7.56. The summed E-state index contributed by atoms with van der Waals surface area (Å²) in [6.07, 6.45) is 1.68. The lowest BCUT2D eigenvalue weighted by atomic mass is 10.2. The SMILES string of the molecule is CCCCNS(=O)(=O)c1ccc(C(=O)Nc2ccc3c(c2)OCO3)cc1. The molecule has 1 heterocycles. The Bertz CT molecular complexity index is 894. The van der Waals surface area contributed by atoms with Gasteiger partial charge in [-0.2, -0.15) is 0 Å². The zero-order valence-corrected chi connectivity index (χ0v) is 15.1. The minimum absolute atomic E-state index is 0.133. The average Bonchev–Trinajstić information content (AvgIpc) is 3.10. The molecule has 1 aliphatic rings. The number of sulfonamides is 1. The highest BCUT2D eigenvalue weighted by molar-refractivity contribution is 7.89. The molecular formula is C18H20N2O5S. The molecule has 0 aromatic heterocycles. The number of anilines is 1. The summed E-state index contributed by atoms with van der Waals surface area (Å²) < 4.78 is 37.3. The van der Waals surface area contributed by atoms with Crippen LogP contribution in [0.2, 0.25) is 0 Å². The van der Waals surface area contributed by atoms with Crippen molar-refractivity contribution in [2.24, 2.45) is 0 Å². The van der Waals surface area contributed by atoms with Gasteiger partial charge in [0.25, 0.3) is 5.91 Å². The van der Waals surface area contributed by atoms with Crippen molar-refractivity contribution < 1.29 is 22.7 Å². The summed E-state index contributed by atoms with van der Waals surface area (Å²) in [5.74, 6) is 0.863. The fourth-order valence-corrected chi connectivity index (χ4v) is 3.50. The number of hydrogen-bond acceptors (Lipinski definition) is 5. The minimum Gasteiger partial charge on any atom is -0.454 e. The van der Waals surface area contributed by atoms with Gasteiger partial charge in [0, 0.05) is 23.9 Å². The number of carbonyl (C=O) groups excluding carboxylic acids is 1. The van der Waals surface area contributed by atoms with E-state index in [0.29, 0.717) is 29.3 Å². The number of ether oxygens (including phenoxy) is 2. The summed E-state index contributed by atoms with van der Waals surface area (Å²) in [5, 5.41) is 2.75. The highest BCUT2D eigenvalue weighted by atomic mass is 32.2. The zero-order valence-electron chi connectivity index (χ0n) is 14.3. The lowest BCUT2D eigenvalue weighted by molar-refractivity contribution is 0.102. The van der Waals surface area contributed by atoms with Crippen LogP contribution in [0.3, 0.4) is 0 Å². The summed E-state index contributed by atoms with van der Waals surface area (Å²) in [6, 6.07) is 10.9. The van der Waals surface area contributed by atoms with Crippen molar-refractivity contribution >= 4 is 21.6 Å². The molecule has 0 spiro atoms. The number of fused-ring (bicyclic) bond motifs is 1. The summed E-state index contributed by atoms with van der Waals surface area (Å²) in [7, 11) is -3.55. The lowest BCUT2D eigenvalue weighted by Gasteiger charge is -2.08. The largest absolute Gasteiger partial charge is 0.454 e. The van der Waals surface area contributed by atoms with Gasteiger partial charge in [0.15, 0.2) is 11.5 Å². The molecule has 0 aliphatic carbocycles. The van der Waals surface area contributed by atoms with E-state index in [4.69, 9.17) is 9.47 Å². The molecule has 1 aliphatic heterocycles. The van der Waals surface area contributed by atoms with Gasteiger partial charge in [-0.25, -0.2) is 13.1 Å². The van der Waals surface area contributed by atoms with Crippen LogP contribution in [-0.2, 0) is 10.0 Å². The molecule has 0 fully saturated rings. The lowest BCUT2D eigenvalue weighted by Crippen LogP contribution is -2.24. The molecule has 0 atom stereocenters. The molecule has 0 saturated heterocycles. The van der Waals surface area contributed by atoms with Gasteiger partial charge < -0.3 is 14.8 Å². The van der Waals surface area contributed by atoms with Gasteiger partial charge in [-0.1, -0.05) is 13.3 Å². The first-order valence-corrected chi connectivity index (χ1v) is 9.78. The summed E-state index contributed by atoms with van der Waals surface area (Å²) in [5.41, 5.74) is 0.923. The Kier molecular flexibility index (Phi) is 5.43. The molecule has 0 bridgehead atoms. The fraction of sp³-hybridized carbons (Fsp3) is 0.278. The van der Waals surface area contributed by atoms with E-state index in [-0.39, 0.29) is 17.6 Å². The Morgan fingerprint density at radius 1 is 1.08 bits per heavy atom. The third-order valence-corrected chi connectivity index (χ3v) is 5.36. The standard InChI is InChI=1S/C18H20N2O5S/c1-2-3-10-19-26(22,23)15-7-4-13(5-8-15)18(21)20-14-6-9-16-17(11-14)25-12-24-16/h4-9,11,19H,2-3,10,12H2,1H3,(H,20,21). The second-order valence-electron chi connectivity index (χ2n) is 5.80. The first-order valence-electron chi connectivity index (χ1n) is 8.30. The van der Waals surface area contributed by atoms with Crippen molar-refractivity contribution in [2.45, 2.75) is 24.7 Å². The summed E-state index contributed by atoms with van der Waals surface area (Å²) in [4.78, 5) is 12.5. The van der Waals surface area contributed by atoms with Gasteiger partial charge in [0.05, 0.1) is 4.90 Å². The Labute approximate surface area is 152 Å². The van der Waals surface area contributed by atoms with E-state index in [1.165, 1.54) is 24.3 Å². The first-order chi connectivity index (χ1) is 12.5. The van der Waals surface area contributed by atoms with Crippen LogP contribution >= 0.6 is 0 Å². The van der Waals surface area contributed by atoms with Gasteiger partial charge in [0.1, 0.15) is 0 Å². The van der Waals surface area contributed by atoms with E-state index in [1.54, 1.807) is 18.2 Å². The number of carbonyl (C=O) groups is 1. The number of hydrogen-bond donors (Lipinski definition) is 2. The van der Waals surface area contributed by atoms with Crippen molar-refractivity contribution in [2.75, 3.05) is 18.7 Å². The van der Waals surface area contributed by atoms with Crippen LogP contribution in [-0.4, -0.2) is 27.7 Å². The summed E-state index contributed by atoms with van der Waals surface area (Å²) in [6.45, 7) is 2.54. The Morgan fingerprint density at radius 3 is 2.54 bits per heavy atom. The number of nitrogens with one attached hydrogen (secondary N) is 2. The highest BCUT2D eigenvalue weighted by Gasteiger charge is 2.16. The smallest absolute Gasteiger partial charge is 0.255 e. The van der Waals surface area contributed by atoms with E-state index in [0.717, 1.165) is 12.8 Å². The molecular weight excluding hydrogens is 356 g/mol. The van der Waals surface area contributed by atoms with E-state index >= 15 is 0 Å². The second kappa shape index (κ2) is 7.76. The highest BCUT2D eigenvalue weighted by Crippen LogP contribution is 2.34. The molecule has 3 rings (SSSR count). The Balaban J connectivity index is 1.67. The van der Waals surface area contributed by atoms with Gasteiger partial charge in [-0.05, 0) is 42.8 Å². The number of unbranched alkanes of at least 4 members (excludes halogenated alkanes) is 1. The Morgan fingerprint density at radius 2 is 1.81 bits per heavy atom. The van der Waals surface area contributed by atoms with Crippen molar-refractivity contribution in [3.05, 3.63) is 48.0 Å². The van der Waals surface area contributed by atoms with E-state index in [1.807, 2.05) is 6.92 Å². The molecule has 7 nitrogen and oxygen atoms in total. The molecule has 2 N–H and O–H groups in total. The van der Waals surface area contributed by atoms with Gasteiger partial charge >= 0.3 is 0 Å². The molecule has 2 aromatic rings. The molecule has 2 aromatic carbocycles. The number of amides is 1.